The molecular formula is C14H21N5. The van der Waals surface area contributed by atoms with Gasteiger partial charge in [-0.05, 0) is 31.0 Å². The lowest BCUT2D eigenvalue weighted by atomic mass is 10.2. The molecule has 2 heterocycles. The van der Waals surface area contributed by atoms with E-state index in [1.54, 1.807) is 0 Å². The molecule has 0 aliphatic carbocycles. The van der Waals surface area contributed by atoms with E-state index in [1.807, 2.05) is 43.2 Å². The second-order valence-electron chi connectivity index (χ2n) is 4.74. The number of aromatic nitrogens is 3. The number of nitrogens with two attached hydrogens (primary N) is 1. The SMILES string of the molecule is Cc1nn(C)c(N(C)CCc2ccncc2)c1CN. The Hall–Kier alpha value is -1.88. The quantitative estimate of drug-likeness (QED) is 0.878. The Balaban J connectivity index is 2.10. The highest BCUT2D eigenvalue weighted by Gasteiger charge is 2.15. The molecule has 0 atom stereocenters. The average molecular weight is 259 g/mol. The molecule has 2 N–H and O–H groups in total. The Morgan fingerprint density at radius 2 is 2.00 bits per heavy atom. The first-order valence-corrected chi connectivity index (χ1v) is 6.46. The maximum atomic E-state index is 5.82. The van der Waals surface area contributed by atoms with Gasteiger partial charge in [-0.2, -0.15) is 5.10 Å². The molecule has 2 aromatic rings. The summed E-state index contributed by atoms with van der Waals surface area (Å²) in [5, 5.41) is 4.44. The fourth-order valence-corrected chi connectivity index (χ4v) is 2.36. The van der Waals surface area contributed by atoms with Crippen LogP contribution in [0, 0.1) is 6.92 Å². The minimum absolute atomic E-state index is 0.522. The molecule has 0 saturated heterocycles. The number of aryl methyl sites for hydroxylation is 2. The van der Waals surface area contributed by atoms with E-state index < -0.39 is 0 Å². The van der Waals surface area contributed by atoms with Gasteiger partial charge in [0.2, 0.25) is 0 Å². The molecule has 0 unspecified atom stereocenters. The number of anilines is 1. The summed E-state index contributed by atoms with van der Waals surface area (Å²) in [7, 11) is 4.04. The van der Waals surface area contributed by atoms with Crippen molar-refractivity contribution in [2.45, 2.75) is 19.9 Å². The molecule has 19 heavy (non-hydrogen) atoms. The van der Waals surface area contributed by atoms with Crippen LogP contribution in [0.25, 0.3) is 0 Å². The van der Waals surface area contributed by atoms with Gasteiger partial charge in [0.05, 0.1) is 5.69 Å². The van der Waals surface area contributed by atoms with E-state index >= 15 is 0 Å². The van der Waals surface area contributed by atoms with Crippen LogP contribution in [0.5, 0.6) is 0 Å². The summed E-state index contributed by atoms with van der Waals surface area (Å²) < 4.78 is 1.91. The predicted octanol–water partition coefficient (Wildman–Crippen LogP) is 1.26. The van der Waals surface area contributed by atoms with Crippen molar-refractivity contribution in [1.29, 1.82) is 0 Å². The van der Waals surface area contributed by atoms with Crippen LogP contribution in [0.4, 0.5) is 5.82 Å². The first kappa shape index (κ1) is 13.5. The van der Waals surface area contributed by atoms with E-state index in [2.05, 4.69) is 22.0 Å². The number of likely N-dealkylation sites (N-methyl/N-ethyl adjacent to an activating group) is 1. The predicted molar refractivity (Wildman–Crippen MR) is 77.0 cm³/mol. The van der Waals surface area contributed by atoms with Crippen molar-refractivity contribution in [3.8, 4) is 0 Å². The fourth-order valence-electron chi connectivity index (χ4n) is 2.36. The lowest BCUT2D eigenvalue weighted by molar-refractivity contribution is 0.723. The van der Waals surface area contributed by atoms with E-state index in [1.165, 1.54) is 5.56 Å². The van der Waals surface area contributed by atoms with Crippen molar-refractivity contribution in [3.05, 3.63) is 41.3 Å². The monoisotopic (exact) mass is 259 g/mol. The summed E-state index contributed by atoms with van der Waals surface area (Å²) in [6.45, 7) is 3.45. The number of rotatable bonds is 5. The molecule has 0 aliphatic heterocycles. The maximum absolute atomic E-state index is 5.82. The molecule has 102 valence electrons. The second kappa shape index (κ2) is 5.84. The van der Waals surface area contributed by atoms with Crippen molar-refractivity contribution in [2.75, 3.05) is 18.5 Å². The zero-order valence-corrected chi connectivity index (χ0v) is 11.8. The molecular weight excluding hydrogens is 238 g/mol. The minimum atomic E-state index is 0.522. The first-order valence-electron chi connectivity index (χ1n) is 6.46. The minimum Gasteiger partial charge on any atom is -0.359 e. The van der Waals surface area contributed by atoms with E-state index in [0.29, 0.717) is 6.54 Å². The van der Waals surface area contributed by atoms with Crippen molar-refractivity contribution >= 4 is 5.82 Å². The first-order chi connectivity index (χ1) is 9.13. The van der Waals surface area contributed by atoms with Gasteiger partial charge in [-0.25, -0.2) is 0 Å². The summed E-state index contributed by atoms with van der Waals surface area (Å²) in [4.78, 5) is 6.24. The normalized spacial score (nSPS) is 10.7. The van der Waals surface area contributed by atoms with Crippen LogP contribution in [0.2, 0.25) is 0 Å². The van der Waals surface area contributed by atoms with Gasteiger partial charge in [0, 0.05) is 45.1 Å². The molecule has 0 fully saturated rings. The molecule has 5 nitrogen and oxygen atoms in total. The van der Waals surface area contributed by atoms with Crippen LogP contribution in [0.3, 0.4) is 0 Å². The van der Waals surface area contributed by atoms with Crippen LogP contribution < -0.4 is 10.6 Å². The highest BCUT2D eigenvalue weighted by molar-refractivity contribution is 5.49. The van der Waals surface area contributed by atoms with E-state index in [0.717, 1.165) is 30.0 Å². The van der Waals surface area contributed by atoms with Gasteiger partial charge >= 0.3 is 0 Å². The Morgan fingerprint density at radius 3 is 2.63 bits per heavy atom. The van der Waals surface area contributed by atoms with Crippen molar-refractivity contribution in [3.63, 3.8) is 0 Å². The molecule has 0 bridgehead atoms. The Labute approximate surface area is 114 Å². The second-order valence-corrected chi connectivity index (χ2v) is 4.74. The number of hydrogen-bond donors (Lipinski definition) is 1. The van der Waals surface area contributed by atoms with Crippen LogP contribution in [0.15, 0.2) is 24.5 Å². The molecule has 0 saturated carbocycles. The lowest BCUT2D eigenvalue weighted by Crippen LogP contribution is -2.24. The third-order valence-corrected chi connectivity index (χ3v) is 3.36. The number of pyridine rings is 1. The average Bonchev–Trinajstić information content (AvgIpc) is 2.71. The van der Waals surface area contributed by atoms with Crippen LogP contribution >= 0.6 is 0 Å². The smallest absolute Gasteiger partial charge is 0.131 e. The Bertz CT molecular complexity index is 532. The van der Waals surface area contributed by atoms with Gasteiger partial charge in [-0.1, -0.05) is 0 Å². The molecule has 0 amide bonds. The molecule has 5 heteroatoms. The molecule has 0 aliphatic rings. The van der Waals surface area contributed by atoms with Gasteiger partial charge < -0.3 is 10.6 Å². The topological polar surface area (TPSA) is 60.0 Å². The molecule has 2 rings (SSSR count). The fraction of sp³-hybridized carbons (Fsp3) is 0.429. The number of nitrogens with zero attached hydrogens (tertiary/aromatic N) is 4. The standard InChI is InChI=1S/C14H21N5/c1-11-13(10-15)14(19(3)17-11)18(2)9-6-12-4-7-16-8-5-12/h4-5,7-8H,6,9-10,15H2,1-3H3. The summed E-state index contributed by atoms with van der Waals surface area (Å²) in [5.41, 5.74) is 9.24. The molecule has 0 spiro atoms. The highest BCUT2D eigenvalue weighted by atomic mass is 15.4. The summed E-state index contributed by atoms with van der Waals surface area (Å²) in [5.74, 6) is 1.11. The van der Waals surface area contributed by atoms with E-state index in [4.69, 9.17) is 5.73 Å². The summed E-state index contributed by atoms with van der Waals surface area (Å²) in [6.07, 6.45) is 4.64. The van der Waals surface area contributed by atoms with Gasteiger partial charge in [0.1, 0.15) is 5.82 Å². The zero-order valence-electron chi connectivity index (χ0n) is 11.8. The van der Waals surface area contributed by atoms with Crippen LogP contribution in [0.1, 0.15) is 16.8 Å². The van der Waals surface area contributed by atoms with Crippen molar-refractivity contribution < 1.29 is 0 Å². The van der Waals surface area contributed by atoms with E-state index in [9.17, 15) is 0 Å². The van der Waals surface area contributed by atoms with Gasteiger partial charge in [-0.3, -0.25) is 9.67 Å². The van der Waals surface area contributed by atoms with Crippen molar-refractivity contribution in [2.24, 2.45) is 12.8 Å². The van der Waals surface area contributed by atoms with Gasteiger partial charge in [0.15, 0.2) is 0 Å². The van der Waals surface area contributed by atoms with Gasteiger partial charge in [-0.15, -0.1) is 0 Å². The Kier molecular flexibility index (Phi) is 4.16. The summed E-state index contributed by atoms with van der Waals surface area (Å²) in [6, 6.07) is 4.10. The van der Waals surface area contributed by atoms with Gasteiger partial charge in [0.25, 0.3) is 0 Å². The molecule has 2 aromatic heterocycles. The zero-order chi connectivity index (χ0) is 13.8. The summed E-state index contributed by atoms with van der Waals surface area (Å²) >= 11 is 0. The maximum Gasteiger partial charge on any atom is 0.131 e. The third kappa shape index (κ3) is 2.93. The third-order valence-electron chi connectivity index (χ3n) is 3.36. The van der Waals surface area contributed by atoms with Crippen LogP contribution in [-0.2, 0) is 20.0 Å². The van der Waals surface area contributed by atoms with Crippen molar-refractivity contribution in [1.82, 2.24) is 14.8 Å². The van der Waals surface area contributed by atoms with E-state index in [-0.39, 0.29) is 0 Å². The molecule has 0 radical (unpaired) electrons. The lowest BCUT2D eigenvalue weighted by Gasteiger charge is -2.20. The number of hydrogen-bond acceptors (Lipinski definition) is 4. The molecule has 0 aromatic carbocycles. The largest absolute Gasteiger partial charge is 0.359 e. The van der Waals surface area contributed by atoms with Crippen LogP contribution in [-0.4, -0.2) is 28.4 Å². The Morgan fingerprint density at radius 1 is 1.32 bits per heavy atom. The highest BCUT2D eigenvalue weighted by Crippen LogP contribution is 2.21.